The Morgan fingerprint density at radius 2 is 0.939 bits per heavy atom. The van der Waals surface area contributed by atoms with Gasteiger partial charge in [0.15, 0.2) is 0 Å². The molecule has 0 unspecified atom stereocenters. The lowest BCUT2D eigenvalue weighted by Gasteiger charge is -2.29. The number of nitrogens with zero attached hydrogens (tertiary/aromatic N) is 2. The minimum absolute atomic E-state index is 0.211. The average Bonchev–Trinajstić information content (AvgIpc) is 3.44. The second-order valence-electron chi connectivity index (χ2n) is 18.0. The van der Waals surface area contributed by atoms with Gasteiger partial charge in [0.05, 0.1) is 22.7 Å². The maximum atomic E-state index is 2.47. The highest BCUT2D eigenvalue weighted by Gasteiger charge is 2.37. The number of fused-ring (bicyclic) bond motifs is 12. The zero-order valence-electron chi connectivity index (χ0n) is 37.4. The van der Waals surface area contributed by atoms with Crippen LogP contribution in [0.4, 0.5) is 28.4 Å². The summed E-state index contributed by atoms with van der Waals surface area (Å²) in [4.78, 5) is 4.90. The standard InChI is InChI=1S/C64H48N2/c1-4-5-6-21-46-41-45-19-7-8-22-49(45)54-25-11-14-30-60(54)65(46)47-37-39-53-52-38-35-43(40-58(52)64(2,3)59(53)42-47)34-36-44-20-17-29-55-48(44)28-18-33-63(55)66-61-31-15-12-26-56(61)50-23-9-10-24-51(50)57-27-13-16-32-62(57)66/h4-42H,1-3H3/b5-4-,21-6-,36-34+. The summed E-state index contributed by atoms with van der Waals surface area (Å²) in [7, 11) is 0. The van der Waals surface area contributed by atoms with Crippen LogP contribution in [0, 0.1) is 0 Å². The Kier molecular flexibility index (Phi) is 9.43. The first kappa shape index (κ1) is 39.4. The van der Waals surface area contributed by atoms with Gasteiger partial charge in [-0.25, -0.2) is 0 Å². The molecule has 0 saturated carbocycles. The third kappa shape index (κ3) is 6.32. The van der Waals surface area contributed by atoms with Gasteiger partial charge in [-0.15, -0.1) is 0 Å². The number of para-hydroxylation sites is 3. The molecule has 1 aliphatic carbocycles. The molecule has 0 spiro atoms. The Morgan fingerprint density at radius 1 is 0.394 bits per heavy atom. The van der Waals surface area contributed by atoms with Gasteiger partial charge >= 0.3 is 0 Å². The summed E-state index contributed by atoms with van der Waals surface area (Å²) < 4.78 is 0. The van der Waals surface area contributed by atoms with Gasteiger partial charge in [-0.1, -0.05) is 202 Å². The van der Waals surface area contributed by atoms with Crippen molar-refractivity contribution in [1.29, 1.82) is 0 Å². The summed E-state index contributed by atoms with van der Waals surface area (Å²) in [5, 5.41) is 2.43. The Hall–Kier alpha value is -8.20. The summed E-state index contributed by atoms with van der Waals surface area (Å²) in [6.07, 6.45) is 15.5. The van der Waals surface area contributed by atoms with Crippen molar-refractivity contribution in [2.24, 2.45) is 0 Å². The molecular weight excluding hydrogens is 797 g/mol. The van der Waals surface area contributed by atoms with Crippen molar-refractivity contribution < 1.29 is 0 Å². The van der Waals surface area contributed by atoms with E-state index in [1.165, 1.54) is 100 Å². The van der Waals surface area contributed by atoms with E-state index in [0.717, 1.165) is 17.1 Å². The summed E-state index contributed by atoms with van der Waals surface area (Å²) in [6, 6.07) is 71.6. The molecule has 0 fully saturated rings. The largest absolute Gasteiger partial charge is 0.310 e. The smallest absolute Gasteiger partial charge is 0.0540 e. The maximum Gasteiger partial charge on any atom is 0.0540 e. The molecule has 0 bridgehead atoms. The second-order valence-corrected chi connectivity index (χ2v) is 18.0. The van der Waals surface area contributed by atoms with Crippen molar-refractivity contribution in [3.63, 3.8) is 0 Å². The van der Waals surface area contributed by atoms with Crippen LogP contribution in [0.2, 0.25) is 0 Å². The fourth-order valence-electron chi connectivity index (χ4n) is 10.8. The fraction of sp³-hybridized carbons (Fsp3) is 0.0625. The molecule has 0 N–H and O–H groups in total. The van der Waals surface area contributed by atoms with Gasteiger partial charge in [-0.3, -0.25) is 0 Å². The topological polar surface area (TPSA) is 6.48 Å². The predicted molar refractivity (Wildman–Crippen MR) is 282 cm³/mol. The van der Waals surface area contributed by atoms with Crippen LogP contribution >= 0.6 is 0 Å². The van der Waals surface area contributed by atoms with E-state index in [1.807, 2.05) is 0 Å². The molecule has 3 aliphatic rings. The predicted octanol–water partition coefficient (Wildman–Crippen LogP) is 17.7. The fourth-order valence-corrected chi connectivity index (χ4v) is 10.8. The van der Waals surface area contributed by atoms with Gasteiger partial charge in [-0.05, 0) is 116 Å². The molecule has 66 heavy (non-hydrogen) atoms. The van der Waals surface area contributed by atoms with E-state index >= 15 is 0 Å². The third-order valence-corrected chi connectivity index (χ3v) is 13.9. The van der Waals surface area contributed by atoms with Crippen LogP contribution in [-0.2, 0) is 5.41 Å². The van der Waals surface area contributed by atoms with E-state index in [9.17, 15) is 0 Å². The summed E-state index contributed by atoms with van der Waals surface area (Å²) in [5.74, 6) is 0. The summed E-state index contributed by atoms with van der Waals surface area (Å²) in [5.41, 5.74) is 23.1. The first-order valence-corrected chi connectivity index (χ1v) is 23.0. The molecule has 2 aliphatic heterocycles. The molecule has 9 aromatic carbocycles. The van der Waals surface area contributed by atoms with Crippen molar-refractivity contribution in [3.8, 4) is 44.5 Å². The van der Waals surface area contributed by atoms with Crippen LogP contribution in [0.3, 0.4) is 0 Å². The average molecular weight is 845 g/mol. The molecule has 0 aromatic heterocycles. The second kappa shape index (κ2) is 15.8. The van der Waals surface area contributed by atoms with Crippen molar-refractivity contribution in [3.05, 3.63) is 252 Å². The van der Waals surface area contributed by atoms with E-state index in [1.54, 1.807) is 0 Å². The molecule has 2 nitrogen and oxygen atoms in total. The third-order valence-electron chi connectivity index (χ3n) is 13.9. The van der Waals surface area contributed by atoms with Gasteiger partial charge in [0.1, 0.15) is 0 Å². The van der Waals surface area contributed by atoms with E-state index in [2.05, 4.69) is 267 Å². The van der Waals surface area contributed by atoms with Gasteiger partial charge in [0, 0.05) is 38.9 Å². The lowest BCUT2D eigenvalue weighted by Crippen LogP contribution is -2.18. The lowest BCUT2D eigenvalue weighted by molar-refractivity contribution is 0.660. The Morgan fingerprint density at radius 3 is 1.64 bits per heavy atom. The lowest BCUT2D eigenvalue weighted by atomic mass is 9.81. The number of hydrogen-bond acceptors (Lipinski definition) is 2. The quantitative estimate of drug-likeness (QED) is 0.122. The van der Waals surface area contributed by atoms with E-state index in [4.69, 9.17) is 0 Å². The van der Waals surface area contributed by atoms with Gasteiger partial charge in [0.2, 0.25) is 0 Å². The van der Waals surface area contributed by atoms with E-state index in [-0.39, 0.29) is 5.41 Å². The number of hydrogen-bond donors (Lipinski definition) is 0. The molecule has 0 atom stereocenters. The zero-order chi connectivity index (χ0) is 44.4. The van der Waals surface area contributed by atoms with Crippen LogP contribution in [0.15, 0.2) is 224 Å². The summed E-state index contributed by atoms with van der Waals surface area (Å²) in [6.45, 7) is 6.82. The summed E-state index contributed by atoms with van der Waals surface area (Å²) >= 11 is 0. The first-order valence-electron chi connectivity index (χ1n) is 23.0. The zero-order valence-corrected chi connectivity index (χ0v) is 37.4. The van der Waals surface area contributed by atoms with Gasteiger partial charge in [-0.2, -0.15) is 0 Å². The van der Waals surface area contributed by atoms with Crippen molar-refractivity contribution in [1.82, 2.24) is 0 Å². The molecule has 314 valence electrons. The van der Waals surface area contributed by atoms with Crippen LogP contribution < -0.4 is 9.80 Å². The van der Waals surface area contributed by atoms with Gasteiger partial charge < -0.3 is 9.80 Å². The minimum Gasteiger partial charge on any atom is -0.310 e. The molecule has 2 heteroatoms. The van der Waals surface area contributed by atoms with Crippen molar-refractivity contribution in [2.45, 2.75) is 26.2 Å². The highest BCUT2D eigenvalue weighted by Crippen LogP contribution is 2.54. The first-order chi connectivity index (χ1) is 32.5. The number of allylic oxidation sites excluding steroid dienone is 4. The van der Waals surface area contributed by atoms with Crippen LogP contribution in [0.5, 0.6) is 0 Å². The van der Waals surface area contributed by atoms with Crippen LogP contribution in [-0.4, -0.2) is 0 Å². The highest BCUT2D eigenvalue weighted by atomic mass is 15.2. The Labute approximate surface area is 388 Å². The Balaban J connectivity index is 0.909. The van der Waals surface area contributed by atoms with Crippen molar-refractivity contribution in [2.75, 3.05) is 9.80 Å². The molecule has 0 saturated heterocycles. The Bertz CT molecular complexity index is 3470. The molecule has 0 amide bonds. The molecule has 9 aromatic rings. The van der Waals surface area contributed by atoms with E-state index in [0.29, 0.717) is 0 Å². The molecule has 0 radical (unpaired) electrons. The monoisotopic (exact) mass is 844 g/mol. The highest BCUT2D eigenvalue weighted by molar-refractivity contribution is 6.09. The van der Waals surface area contributed by atoms with Gasteiger partial charge in [0.25, 0.3) is 0 Å². The molecular formula is C64H48N2. The van der Waals surface area contributed by atoms with Crippen LogP contribution in [0.25, 0.3) is 73.5 Å². The molecule has 2 heterocycles. The normalized spacial score (nSPS) is 14.3. The van der Waals surface area contributed by atoms with Crippen LogP contribution in [0.1, 0.15) is 48.6 Å². The number of anilines is 5. The minimum atomic E-state index is -0.211. The molecule has 12 rings (SSSR count). The van der Waals surface area contributed by atoms with E-state index < -0.39 is 0 Å². The van der Waals surface area contributed by atoms with Crippen molar-refractivity contribution >= 4 is 57.4 Å². The number of rotatable bonds is 6. The number of benzene rings is 9. The maximum absolute atomic E-state index is 2.47. The SMILES string of the molecule is C/C=C\C=C/C1=Cc2ccccc2-c2ccccc2N1c1ccc2c(c1)C(C)(C)c1cc(/C=C/c3cccc4c(N5c6ccccc6-c6ccccc6-c6ccccc65)cccc34)ccc1-2.